The Hall–Kier alpha value is -0.610. The van der Waals surface area contributed by atoms with Gasteiger partial charge in [0, 0.05) is 5.33 Å². The number of hydrogen-bond donors (Lipinski definition) is 0. The Morgan fingerprint density at radius 1 is 1.67 bits per heavy atom. The van der Waals surface area contributed by atoms with Gasteiger partial charge in [0.15, 0.2) is 0 Å². The van der Waals surface area contributed by atoms with E-state index in [1.54, 1.807) is 13.0 Å². The average molecular weight is 293 g/mol. The van der Waals surface area contributed by atoms with E-state index in [0.717, 1.165) is 10.9 Å². The molecule has 82 valence electrons. The van der Waals surface area contributed by atoms with Gasteiger partial charge in [-0.25, -0.2) is 9.78 Å². The monoisotopic (exact) mass is 291 g/mol. The molecule has 3 nitrogen and oxygen atoms in total. The Balaban J connectivity index is 3.26. The van der Waals surface area contributed by atoms with Crippen molar-refractivity contribution in [3.05, 3.63) is 28.0 Å². The molecule has 0 aliphatic carbocycles. The molecule has 0 saturated heterocycles. The van der Waals surface area contributed by atoms with Crippen molar-refractivity contribution in [2.24, 2.45) is 0 Å². The van der Waals surface area contributed by atoms with Crippen LogP contribution in [0.15, 0.2) is 6.07 Å². The van der Waals surface area contributed by atoms with E-state index >= 15 is 0 Å². The lowest BCUT2D eigenvalue weighted by molar-refractivity contribution is 0.0598. The molecule has 0 unspecified atom stereocenters. The second-order valence-electron chi connectivity index (χ2n) is 3.00. The van der Waals surface area contributed by atoms with Crippen LogP contribution in [0.25, 0.3) is 0 Å². The molecule has 5 heteroatoms. The number of ether oxygens (including phenoxy) is 1. The first-order chi connectivity index (χ1) is 7.10. The molecular formula is C10H11BrClNO2. The summed E-state index contributed by atoms with van der Waals surface area (Å²) in [7, 11) is 1.36. The van der Waals surface area contributed by atoms with Gasteiger partial charge in [0.2, 0.25) is 0 Å². The van der Waals surface area contributed by atoms with Crippen LogP contribution in [0.5, 0.6) is 0 Å². The molecule has 0 aromatic carbocycles. The molecule has 0 atom stereocenters. The number of alkyl halides is 1. The first kappa shape index (κ1) is 12.5. The van der Waals surface area contributed by atoms with Gasteiger partial charge in [0.1, 0.15) is 5.15 Å². The van der Waals surface area contributed by atoms with Crippen LogP contribution >= 0.6 is 27.5 Å². The number of aryl methyl sites for hydroxylation is 2. The summed E-state index contributed by atoms with van der Waals surface area (Å²) in [4.78, 5) is 15.6. The number of aromatic nitrogens is 1. The van der Waals surface area contributed by atoms with E-state index in [9.17, 15) is 4.79 Å². The predicted molar refractivity (Wildman–Crippen MR) is 62.8 cm³/mol. The summed E-state index contributed by atoms with van der Waals surface area (Å²) in [6.07, 6.45) is 0.716. The summed E-state index contributed by atoms with van der Waals surface area (Å²) in [5, 5.41) is 1.16. The topological polar surface area (TPSA) is 39.2 Å². The summed E-state index contributed by atoms with van der Waals surface area (Å²) in [6.45, 7) is 1.75. The lowest BCUT2D eigenvalue weighted by atomic mass is 10.1. The van der Waals surface area contributed by atoms with E-state index in [4.69, 9.17) is 16.3 Å². The molecule has 1 aromatic heterocycles. The summed E-state index contributed by atoms with van der Waals surface area (Å²) < 4.78 is 4.71. The maximum atomic E-state index is 11.5. The van der Waals surface area contributed by atoms with E-state index in [1.165, 1.54) is 7.11 Å². The summed E-state index contributed by atoms with van der Waals surface area (Å²) in [5.41, 5.74) is 1.97. The second-order valence-corrected chi connectivity index (χ2v) is 4.18. The van der Waals surface area contributed by atoms with Crippen molar-refractivity contribution < 1.29 is 9.53 Å². The minimum absolute atomic E-state index is 0.368. The third-order valence-electron chi connectivity index (χ3n) is 2.00. The van der Waals surface area contributed by atoms with Gasteiger partial charge < -0.3 is 4.74 Å². The Labute approximate surface area is 102 Å². The van der Waals surface area contributed by atoms with E-state index in [-0.39, 0.29) is 5.97 Å². The van der Waals surface area contributed by atoms with Gasteiger partial charge in [-0.2, -0.15) is 0 Å². The molecule has 0 radical (unpaired) electrons. The van der Waals surface area contributed by atoms with Crippen LogP contribution in [0.2, 0.25) is 5.15 Å². The third-order valence-corrected chi connectivity index (χ3v) is 2.59. The van der Waals surface area contributed by atoms with Gasteiger partial charge in [-0.1, -0.05) is 27.5 Å². The van der Waals surface area contributed by atoms with E-state index in [1.807, 2.05) is 0 Å². The normalized spacial score (nSPS) is 10.1. The Bertz CT molecular complexity index is 382. The molecule has 1 aromatic rings. The number of halogens is 2. The number of nitrogens with zero attached hydrogens (tertiary/aromatic N) is 1. The molecule has 0 amide bonds. The Kier molecular flexibility index (Phi) is 4.54. The third kappa shape index (κ3) is 2.92. The molecule has 0 saturated carbocycles. The smallest absolute Gasteiger partial charge is 0.339 e. The maximum absolute atomic E-state index is 11.5. The minimum atomic E-state index is -0.368. The highest BCUT2D eigenvalue weighted by atomic mass is 79.9. The van der Waals surface area contributed by atoms with Crippen molar-refractivity contribution >= 4 is 33.5 Å². The minimum Gasteiger partial charge on any atom is -0.465 e. The van der Waals surface area contributed by atoms with Crippen molar-refractivity contribution in [3.63, 3.8) is 0 Å². The number of pyridine rings is 1. The SMILES string of the molecule is COC(=O)c1c(CCBr)cc(Cl)nc1C. The van der Waals surface area contributed by atoms with Crippen LogP contribution in [0.4, 0.5) is 0 Å². The molecule has 0 fully saturated rings. The lowest BCUT2D eigenvalue weighted by Crippen LogP contribution is -2.10. The van der Waals surface area contributed by atoms with Crippen LogP contribution in [0.1, 0.15) is 21.6 Å². The molecule has 0 N–H and O–H groups in total. The van der Waals surface area contributed by atoms with Gasteiger partial charge in [0.25, 0.3) is 0 Å². The maximum Gasteiger partial charge on any atom is 0.339 e. The average Bonchev–Trinajstić information content (AvgIpc) is 2.16. The second kappa shape index (κ2) is 5.47. The van der Waals surface area contributed by atoms with E-state index < -0.39 is 0 Å². The van der Waals surface area contributed by atoms with Gasteiger partial charge >= 0.3 is 5.97 Å². The van der Waals surface area contributed by atoms with Gasteiger partial charge in [-0.15, -0.1) is 0 Å². The Morgan fingerprint density at radius 2 is 2.33 bits per heavy atom. The van der Waals surface area contributed by atoms with E-state index in [2.05, 4.69) is 20.9 Å². The fraction of sp³-hybridized carbons (Fsp3) is 0.400. The lowest BCUT2D eigenvalue weighted by Gasteiger charge is -2.09. The number of carbonyl (C=O) groups excluding carboxylic acids is 1. The first-order valence-corrected chi connectivity index (χ1v) is 5.90. The fourth-order valence-corrected chi connectivity index (χ4v) is 2.06. The summed E-state index contributed by atoms with van der Waals surface area (Å²) in [5.74, 6) is -0.368. The molecule has 0 aliphatic heterocycles. The molecule has 0 aliphatic rings. The van der Waals surface area contributed by atoms with Crippen molar-refractivity contribution in [1.82, 2.24) is 4.98 Å². The van der Waals surface area contributed by atoms with Crippen LogP contribution in [-0.4, -0.2) is 23.4 Å². The van der Waals surface area contributed by atoms with Gasteiger partial charge in [0.05, 0.1) is 18.4 Å². The highest BCUT2D eigenvalue weighted by Gasteiger charge is 2.16. The quantitative estimate of drug-likeness (QED) is 0.488. The number of methoxy groups -OCH3 is 1. The predicted octanol–water partition coefficient (Wildman–Crippen LogP) is 2.77. The number of carbonyl (C=O) groups is 1. The van der Waals surface area contributed by atoms with Crippen LogP contribution in [-0.2, 0) is 11.2 Å². The van der Waals surface area contributed by atoms with E-state index in [0.29, 0.717) is 22.8 Å². The zero-order chi connectivity index (χ0) is 11.4. The van der Waals surface area contributed by atoms with Crippen molar-refractivity contribution in [1.29, 1.82) is 0 Å². The number of esters is 1. The molecule has 15 heavy (non-hydrogen) atoms. The zero-order valence-corrected chi connectivity index (χ0v) is 10.9. The number of rotatable bonds is 3. The fourth-order valence-electron chi connectivity index (χ4n) is 1.38. The highest BCUT2D eigenvalue weighted by Crippen LogP contribution is 2.19. The largest absolute Gasteiger partial charge is 0.465 e. The molecular weight excluding hydrogens is 281 g/mol. The summed E-state index contributed by atoms with van der Waals surface area (Å²) >= 11 is 9.15. The first-order valence-electron chi connectivity index (χ1n) is 4.40. The van der Waals surface area contributed by atoms with Crippen molar-refractivity contribution in [2.45, 2.75) is 13.3 Å². The van der Waals surface area contributed by atoms with Gasteiger partial charge in [-0.05, 0) is 25.0 Å². The zero-order valence-electron chi connectivity index (χ0n) is 8.51. The van der Waals surface area contributed by atoms with Crippen molar-refractivity contribution in [3.8, 4) is 0 Å². The standard InChI is InChI=1S/C10H11BrClNO2/c1-6-9(10(14)15-2)7(3-4-11)5-8(12)13-6/h5H,3-4H2,1-2H3. The van der Waals surface area contributed by atoms with Crippen LogP contribution in [0.3, 0.4) is 0 Å². The van der Waals surface area contributed by atoms with Gasteiger partial charge in [-0.3, -0.25) is 0 Å². The highest BCUT2D eigenvalue weighted by molar-refractivity contribution is 9.09. The van der Waals surface area contributed by atoms with Crippen molar-refractivity contribution in [2.75, 3.05) is 12.4 Å². The number of hydrogen-bond acceptors (Lipinski definition) is 3. The molecule has 0 bridgehead atoms. The Morgan fingerprint density at radius 3 is 2.87 bits per heavy atom. The molecule has 0 spiro atoms. The van der Waals surface area contributed by atoms with Crippen LogP contribution in [0, 0.1) is 6.92 Å². The summed E-state index contributed by atoms with van der Waals surface area (Å²) in [6, 6.07) is 1.70. The van der Waals surface area contributed by atoms with Crippen LogP contribution < -0.4 is 0 Å². The molecule has 1 heterocycles. The molecule has 1 rings (SSSR count).